The Bertz CT molecular complexity index is 2640. The summed E-state index contributed by atoms with van der Waals surface area (Å²) in [5.74, 6) is 0. The first-order valence-corrected chi connectivity index (χ1v) is 17.7. The molecule has 1 radical (unpaired) electrons. The molecule has 54 heavy (non-hydrogen) atoms. The van der Waals surface area contributed by atoms with Crippen molar-refractivity contribution in [2.24, 2.45) is 0 Å². The van der Waals surface area contributed by atoms with Gasteiger partial charge in [0.2, 0.25) is 0 Å². The third kappa shape index (κ3) is 7.38. The van der Waals surface area contributed by atoms with E-state index >= 15 is 0 Å². The van der Waals surface area contributed by atoms with Gasteiger partial charge in [0.1, 0.15) is 0 Å². The molecule has 0 fully saturated rings. The van der Waals surface area contributed by atoms with Crippen LogP contribution in [0.4, 0.5) is 0 Å². The maximum atomic E-state index is 4.78. The molecule has 0 amide bonds. The van der Waals surface area contributed by atoms with E-state index in [1.807, 2.05) is 97.6 Å². The van der Waals surface area contributed by atoms with E-state index in [-0.39, 0.29) is 20.1 Å². The molecular formula is C49H36IrN4-2. The van der Waals surface area contributed by atoms with Crippen LogP contribution < -0.4 is 0 Å². The number of benzene rings is 5. The molecule has 0 aliphatic carbocycles. The zero-order chi connectivity index (χ0) is 36.1. The van der Waals surface area contributed by atoms with E-state index in [0.717, 1.165) is 39.0 Å². The SMILES string of the molecule is Cc1cc(C)c(-c2cc3ncccc3c3ccc(-c4ccncc4)cc23)c(C)c1-c1cc[c-]c(-c2ccccn2)c1.[Ir].[c-]1ccccc1-c1ccccn1. The van der Waals surface area contributed by atoms with Crippen LogP contribution >= 0.6 is 0 Å². The molecule has 9 rings (SSSR count). The van der Waals surface area contributed by atoms with Gasteiger partial charge in [0, 0.05) is 56.5 Å². The second-order valence-electron chi connectivity index (χ2n) is 13.1. The van der Waals surface area contributed by atoms with Crippen LogP contribution in [-0.4, -0.2) is 19.9 Å². The van der Waals surface area contributed by atoms with Gasteiger partial charge in [-0.1, -0.05) is 48.5 Å². The van der Waals surface area contributed by atoms with Crippen LogP contribution in [-0.2, 0) is 20.1 Å². The van der Waals surface area contributed by atoms with Gasteiger partial charge in [0.05, 0.1) is 5.52 Å². The van der Waals surface area contributed by atoms with Crippen molar-refractivity contribution in [2.45, 2.75) is 20.8 Å². The molecular weight excluding hydrogens is 837 g/mol. The fraction of sp³-hybridized carbons (Fsp3) is 0.0612. The second kappa shape index (κ2) is 16.3. The molecule has 0 saturated heterocycles. The van der Waals surface area contributed by atoms with E-state index in [4.69, 9.17) is 4.98 Å². The number of nitrogens with zero attached hydrogens (tertiary/aromatic N) is 4. The first-order valence-electron chi connectivity index (χ1n) is 17.7. The Hall–Kier alpha value is -6.13. The van der Waals surface area contributed by atoms with Gasteiger partial charge in [-0.05, 0) is 130 Å². The molecule has 4 nitrogen and oxygen atoms in total. The number of aromatic nitrogens is 4. The summed E-state index contributed by atoms with van der Waals surface area (Å²) in [5.41, 5.74) is 15.9. The first-order chi connectivity index (χ1) is 26.0. The topological polar surface area (TPSA) is 51.6 Å². The molecule has 0 aliphatic heterocycles. The minimum Gasteiger partial charge on any atom is -0.305 e. The van der Waals surface area contributed by atoms with Gasteiger partial charge in [-0.25, -0.2) is 0 Å². The summed E-state index contributed by atoms with van der Waals surface area (Å²) in [4.78, 5) is 17.8. The molecule has 5 heteroatoms. The molecule has 0 aliphatic rings. The van der Waals surface area contributed by atoms with Crippen molar-refractivity contribution in [1.29, 1.82) is 0 Å². The molecule has 0 spiro atoms. The number of hydrogen-bond donors (Lipinski definition) is 0. The Morgan fingerprint density at radius 1 is 0.444 bits per heavy atom. The average molecular weight is 873 g/mol. The van der Waals surface area contributed by atoms with Gasteiger partial charge in [0.15, 0.2) is 0 Å². The van der Waals surface area contributed by atoms with Crippen molar-refractivity contribution in [1.82, 2.24) is 19.9 Å². The van der Waals surface area contributed by atoms with Gasteiger partial charge < -0.3 is 9.97 Å². The van der Waals surface area contributed by atoms with E-state index in [2.05, 4.69) is 109 Å². The van der Waals surface area contributed by atoms with E-state index in [9.17, 15) is 0 Å². The van der Waals surface area contributed by atoms with Crippen molar-refractivity contribution in [2.75, 3.05) is 0 Å². The number of hydrogen-bond acceptors (Lipinski definition) is 4. The fourth-order valence-corrected chi connectivity index (χ4v) is 7.32. The molecule has 4 heterocycles. The van der Waals surface area contributed by atoms with Crippen LogP contribution in [0.5, 0.6) is 0 Å². The Morgan fingerprint density at radius 2 is 1.15 bits per heavy atom. The predicted octanol–water partition coefficient (Wildman–Crippen LogP) is 12.1. The number of fused-ring (bicyclic) bond motifs is 3. The fourth-order valence-electron chi connectivity index (χ4n) is 7.32. The molecule has 0 saturated carbocycles. The Labute approximate surface area is 330 Å². The maximum absolute atomic E-state index is 4.78. The van der Waals surface area contributed by atoms with Crippen LogP contribution in [0.1, 0.15) is 16.7 Å². The average Bonchev–Trinajstić information content (AvgIpc) is 3.22. The zero-order valence-corrected chi connectivity index (χ0v) is 32.6. The molecule has 0 atom stereocenters. The van der Waals surface area contributed by atoms with Gasteiger partial charge in [-0.3, -0.25) is 9.97 Å². The largest absolute Gasteiger partial charge is 0.305 e. The molecule has 0 N–H and O–H groups in total. The smallest absolute Gasteiger partial charge is 0.0714 e. The van der Waals surface area contributed by atoms with Crippen LogP contribution in [0.3, 0.4) is 0 Å². The monoisotopic (exact) mass is 873 g/mol. The summed E-state index contributed by atoms with van der Waals surface area (Å²) in [5, 5.41) is 3.58. The Kier molecular flexibility index (Phi) is 10.9. The quantitative estimate of drug-likeness (QED) is 0.128. The first kappa shape index (κ1) is 36.2. The minimum atomic E-state index is 0. The Morgan fingerprint density at radius 3 is 1.87 bits per heavy atom. The Balaban J connectivity index is 0.000000294. The van der Waals surface area contributed by atoms with Gasteiger partial charge in [0.25, 0.3) is 0 Å². The number of aryl methyl sites for hydroxylation is 2. The van der Waals surface area contributed by atoms with Crippen molar-refractivity contribution >= 4 is 21.7 Å². The number of pyridine rings is 4. The summed E-state index contributed by atoms with van der Waals surface area (Å²) in [6.45, 7) is 6.68. The van der Waals surface area contributed by atoms with E-state index in [1.165, 1.54) is 55.3 Å². The molecule has 263 valence electrons. The third-order valence-electron chi connectivity index (χ3n) is 9.66. The van der Waals surface area contributed by atoms with Crippen LogP contribution in [0, 0.1) is 32.9 Å². The van der Waals surface area contributed by atoms with Crippen LogP contribution in [0.2, 0.25) is 0 Å². The normalized spacial score (nSPS) is 10.7. The van der Waals surface area contributed by atoms with Crippen molar-refractivity contribution in [3.05, 3.63) is 193 Å². The molecule has 4 aromatic heterocycles. The standard InChI is InChI=1S/C38H28N3.C11H8N.Ir/c1-24-20-25(2)38(26(3)37(24)30-9-6-8-29(21-30)35-11-4-5-16-40-35)34-23-36-32(10-7-17-41-36)31-13-12-28(22-33(31)34)27-14-18-39-19-15-27;1-2-6-10(7-3-1)11-8-4-5-9-12-11;/h4-7,9-23H,1-3H3;1-6,8-9H;/q2*-1;. The summed E-state index contributed by atoms with van der Waals surface area (Å²) in [6.07, 6.45) is 9.19. The molecule has 0 bridgehead atoms. The molecule has 9 aromatic rings. The minimum absolute atomic E-state index is 0. The van der Waals surface area contributed by atoms with Crippen molar-refractivity contribution in [3.63, 3.8) is 0 Å². The van der Waals surface area contributed by atoms with Crippen molar-refractivity contribution < 1.29 is 20.1 Å². The van der Waals surface area contributed by atoms with E-state index in [0.29, 0.717) is 0 Å². The van der Waals surface area contributed by atoms with E-state index < -0.39 is 0 Å². The summed E-state index contributed by atoms with van der Waals surface area (Å²) in [7, 11) is 0. The summed E-state index contributed by atoms with van der Waals surface area (Å²) in [6, 6.07) is 52.2. The van der Waals surface area contributed by atoms with Crippen LogP contribution in [0.25, 0.3) is 77.6 Å². The van der Waals surface area contributed by atoms with Crippen LogP contribution in [0.15, 0.2) is 164 Å². The maximum Gasteiger partial charge on any atom is 0.0714 e. The van der Waals surface area contributed by atoms with Gasteiger partial charge in [-0.2, -0.15) is 0 Å². The van der Waals surface area contributed by atoms with Crippen molar-refractivity contribution in [3.8, 4) is 55.9 Å². The summed E-state index contributed by atoms with van der Waals surface area (Å²) >= 11 is 0. The predicted molar refractivity (Wildman–Crippen MR) is 218 cm³/mol. The van der Waals surface area contributed by atoms with Gasteiger partial charge >= 0.3 is 0 Å². The molecule has 0 unspecified atom stereocenters. The summed E-state index contributed by atoms with van der Waals surface area (Å²) < 4.78 is 0. The zero-order valence-electron chi connectivity index (χ0n) is 30.2. The van der Waals surface area contributed by atoms with Gasteiger partial charge in [-0.15, -0.1) is 71.3 Å². The number of rotatable bonds is 5. The molecule has 5 aromatic carbocycles. The second-order valence-corrected chi connectivity index (χ2v) is 13.1. The third-order valence-corrected chi connectivity index (χ3v) is 9.66. The van der Waals surface area contributed by atoms with E-state index in [1.54, 1.807) is 6.20 Å².